The fraction of sp³-hybridized carbons (Fsp3) is 0.625. The molecule has 1 aromatic rings. The molecular formula is C16H23NO3. The number of rotatable bonds is 3. The van der Waals surface area contributed by atoms with Gasteiger partial charge in [-0.3, -0.25) is 0 Å². The lowest BCUT2D eigenvalue weighted by atomic mass is 9.97. The summed E-state index contributed by atoms with van der Waals surface area (Å²) in [6.07, 6.45) is 1.15. The second-order valence-corrected chi connectivity index (χ2v) is 5.89. The van der Waals surface area contributed by atoms with Crippen molar-refractivity contribution < 1.29 is 14.6 Å². The fourth-order valence-corrected chi connectivity index (χ4v) is 3.46. The van der Waals surface area contributed by atoms with E-state index in [0.29, 0.717) is 31.5 Å². The van der Waals surface area contributed by atoms with Crippen LogP contribution in [0.15, 0.2) is 12.1 Å². The Morgan fingerprint density at radius 2 is 2.15 bits per heavy atom. The molecule has 3 atom stereocenters. The molecule has 1 aromatic carbocycles. The van der Waals surface area contributed by atoms with Crippen LogP contribution >= 0.6 is 0 Å². The summed E-state index contributed by atoms with van der Waals surface area (Å²) >= 11 is 0. The average molecular weight is 277 g/mol. The van der Waals surface area contributed by atoms with Crippen LogP contribution in [0.2, 0.25) is 0 Å². The third-order valence-corrected chi connectivity index (χ3v) is 4.39. The van der Waals surface area contributed by atoms with E-state index in [9.17, 15) is 5.11 Å². The molecule has 20 heavy (non-hydrogen) atoms. The Hall–Kier alpha value is -1.10. The van der Waals surface area contributed by atoms with Crippen molar-refractivity contribution >= 4 is 0 Å². The van der Waals surface area contributed by atoms with Crippen LogP contribution in [-0.4, -0.2) is 37.6 Å². The maximum Gasteiger partial charge on any atom is 0.120 e. The van der Waals surface area contributed by atoms with Crippen molar-refractivity contribution in [1.29, 1.82) is 0 Å². The predicted molar refractivity (Wildman–Crippen MR) is 77.2 cm³/mol. The van der Waals surface area contributed by atoms with Crippen LogP contribution in [0.5, 0.6) is 5.75 Å². The molecule has 110 valence electrons. The number of hydrogen-bond acceptors (Lipinski definition) is 4. The maximum atomic E-state index is 10.2. The molecule has 0 bridgehead atoms. The third-order valence-electron chi connectivity index (χ3n) is 4.39. The number of phenolic OH excluding ortho intramolecular Hbond substituents is 1. The van der Waals surface area contributed by atoms with E-state index in [2.05, 4.69) is 19.2 Å². The molecule has 1 aliphatic heterocycles. The number of aromatic hydroxyl groups is 1. The van der Waals surface area contributed by atoms with Crippen LogP contribution in [0.1, 0.15) is 42.0 Å². The molecule has 3 unspecified atom stereocenters. The molecule has 4 nitrogen and oxygen atoms in total. The summed E-state index contributed by atoms with van der Waals surface area (Å²) in [7, 11) is 0. The molecule has 2 N–H and O–H groups in total. The first-order valence-electron chi connectivity index (χ1n) is 7.42. The second-order valence-electron chi connectivity index (χ2n) is 5.89. The van der Waals surface area contributed by atoms with Crippen molar-refractivity contribution in [3.8, 4) is 5.75 Å². The maximum absolute atomic E-state index is 10.2. The van der Waals surface area contributed by atoms with E-state index in [1.165, 1.54) is 11.1 Å². The molecule has 0 radical (unpaired) electrons. The van der Waals surface area contributed by atoms with Gasteiger partial charge < -0.3 is 19.9 Å². The molecule has 1 aliphatic carbocycles. The van der Waals surface area contributed by atoms with E-state index in [4.69, 9.17) is 9.47 Å². The van der Waals surface area contributed by atoms with Gasteiger partial charge in [0.25, 0.3) is 0 Å². The van der Waals surface area contributed by atoms with Crippen LogP contribution in [-0.2, 0) is 9.47 Å². The highest BCUT2D eigenvalue weighted by Gasteiger charge is 2.32. The lowest BCUT2D eigenvalue weighted by molar-refractivity contribution is -0.0871. The van der Waals surface area contributed by atoms with Crippen LogP contribution in [0.25, 0.3) is 0 Å². The number of benzene rings is 1. The molecular weight excluding hydrogens is 254 g/mol. The van der Waals surface area contributed by atoms with E-state index in [0.717, 1.165) is 18.5 Å². The first-order chi connectivity index (χ1) is 9.66. The summed E-state index contributed by atoms with van der Waals surface area (Å²) < 4.78 is 11.1. The Labute approximate surface area is 120 Å². The summed E-state index contributed by atoms with van der Waals surface area (Å²) in [6, 6.07) is 4.03. The van der Waals surface area contributed by atoms with Crippen molar-refractivity contribution in [2.24, 2.45) is 0 Å². The molecule has 2 aliphatic rings. The smallest absolute Gasteiger partial charge is 0.120 e. The average Bonchev–Trinajstić information content (AvgIpc) is 2.80. The second kappa shape index (κ2) is 5.72. The zero-order chi connectivity index (χ0) is 14.1. The first kappa shape index (κ1) is 13.9. The Balaban J connectivity index is 1.72. The van der Waals surface area contributed by atoms with Gasteiger partial charge in [-0.25, -0.2) is 0 Å². The minimum atomic E-state index is 0.120. The summed E-state index contributed by atoms with van der Waals surface area (Å²) in [6.45, 7) is 7.14. The lowest BCUT2D eigenvalue weighted by Gasteiger charge is -2.25. The van der Waals surface area contributed by atoms with Gasteiger partial charge in [-0.05, 0) is 36.5 Å². The Bertz CT molecular complexity index is 483. The van der Waals surface area contributed by atoms with Crippen LogP contribution in [0.4, 0.5) is 0 Å². The summed E-state index contributed by atoms with van der Waals surface area (Å²) in [5.41, 5.74) is 3.66. The lowest BCUT2D eigenvalue weighted by Crippen LogP contribution is -2.38. The normalized spacial score (nSPS) is 29.4. The number of aryl methyl sites for hydroxylation is 1. The van der Waals surface area contributed by atoms with Gasteiger partial charge in [0.2, 0.25) is 0 Å². The van der Waals surface area contributed by atoms with Crippen molar-refractivity contribution in [1.82, 2.24) is 5.32 Å². The number of phenols is 1. The monoisotopic (exact) mass is 277 g/mol. The molecule has 0 aromatic heterocycles. The van der Waals surface area contributed by atoms with Gasteiger partial charge >= 0.3 is 0 Å². The minimum Gasteiger partial charge on any atom is -0.508 e. The van der Waals surface area contributed by atoms with E-state index >= 15 is 0 Å². The van der Waals surface area contributed by atoms with Crippen molar-refractivity contribution in [3.63, 3.8) is 0 Å². The topological polar surface area (TPSA) is 50.7 Å². The van der Waals surface area contributed by atoms with Crippen molar-refractivity contribution in [2.45, 2.75) is 38.3 Å². The standard InChI is InChI=1S/C16H23NO3/c1-10-3-4-14(18)16-13(7-11(2)15(10)16)17-8-12-9-19-5-6-20-12/h3-4,11-13,17-18H,5-9H2,1-2H3. The molecule has 3 rings (SSSR count). The predicted octanol–water partition coefficient (Wildman–Crippen LogP) is 2.25. The molecule has 1 heterocycles. The van der Waals surface area contributed by atoms with E-state index in [1.807, 2.05) is 6.07 Å². The number of ether oxygens (including phenoxy) is 2. The van der Waals surface area contributed by atoms with Crippen molar-refractivity contribution in [2.75, 3.05) is 26.4 Å². The van der Waals surface area contributed by atoms with E-state index < -0.39 is 0 Å². The SMILES string of the molecule is Cc1ccc(O)c2c1C(C)CC2NCC1COCCO1. The van der Waals surface area contributed by atoms with Gasteiger partial charge in [-0.15, -0.1) is 0 Å². The largest absolute Gasteiger partial charge is 0.508 e. The minimum absolute atomic E-state index is 0.120. The van der Waals surface area contributed by atoms with Gasteiger partial charge in [0.1, 0.15) is 5.75 Å². The number of hydrogen-bond donors (Lipinski definition) is 2. The Morgan fingerprint density at radius 3 is 2.90 bits per heavy atom. The van der Waals surface area contributed by atoms with E-state index in [1.54, 1.807) is 6.07 Å². The van der Waals surface area contributed by atoms with Gasteiger partial charge in [-0.2, -0.15) is 0 Å². The van der Waals surface area contributed by atoms with Crippen molar-refractivity contribution in [3.05, 3.63) is 28.8 Å². The molecule has 4 heteroatoms. The number of fused-ring (bicyclic) bond motifs is 1. The third kappa shape index (κ3) is 2.55. The Kier molecular flexibility index (Phi) is 3.96. The van der Waals surface area contributed by atoms with Gasteiger partial charge in [-0.1, -0.05) is 13.0 Å². The highest BCUT2D eigenvalue weighted by Crippen LogP contribution is 2.45. The van der Waals surface area contributed by atoms with Crippen LogP contribution in [0.3, 0.4) is 0 Å². The van der Waals surface area contributed by atoms with Gasteiger partial charge in [0, 0.05) is 18.2 Å². The zero-order valence-corrected chi connectivity index (χ0v) is 12.2. The van der Waals surface area contributed by atoms with Crippen LogP contribution in [0, 0.1) is 6.92 Å². The summed E-state index contributed by atoms with van der Waals surface area (Å²) in [5, 5.41) is 13.7. The fourth-order valence-electron chi connectivity index (χ4n) is 3.46. The molecule has 1 fully saturated rings. The molecule has 0 amide bonds. The Morgan fingerprint density at radius 1 is 1.30 bits per heavy atom. The van der Waals surface area contributed by atoms with Gasteiger partial charge in [0.15, 0.2) is 0 Å². The quantitative estimate of drug-likeness (QED) is 0.890. The molecule has 0 spiro atoms. The first-order valence-corrected chi connectivity index (χ1v) is 7.42. The zero-order valence-electron chi connectivity index (χ0n) is 12.2. The van der Waals surface area contributed by atoms with Gasteiger partial charge in [0.05, 0.1) is 25.9 Å². The van der Waals surface area contributed by atoms with Crippen LogP contribution < -0.4 is 5.32 Å². The molecule has 1 saturated heterocycles. The van der Waals surface area contributed by atoms with E-state index in [-0.39, 0.29) is 12.1 Å². The molecule has 0 saturated carbocycles. The highest BCUT2D eigenvalue weighted by molar-refractivity contribution is 5.50. The summed E-state index contributed by atoms with van der Waals surface area (Å²) in [5.74, 6) is 0.895. The number of nitrogens with one attached hydrogen (secondary N) is 1. The summed E-state index contributed by atoms with van der Waals surface area (Å²) in [4.78, 5) is 0. The highest BCUT2D eigenvalue weighted by atomic mass is 16.6.